The second-order valence-corrected chi connectivity index (χ2v) is 8.22. The maximum absolute atomic E-state index is 12.7. The fraction of sp³-hybridized carbons (Fsp3) is 0.333. The molecule has 0 atom stereocenters. The van der Waals surface area contributed by atoms with E-state index in [0.29, 0.717) is 29.1 Å². The highest BCUT2D eigenvalue weighted by Crippen LogP contribution is 2.38. The number of aliphatic hydroxyl groups excluding tert-OH is 1. The highest BCUT2D eigenvalue weighted by atomic mass is 16.5. The zero-order valence-corrected chi connectivity index (χ0v) is 19.9. The van der Waals surface area contributed by atoms with Crippen molar-refractivity contribution in [2.75, 3.05) is 37.9 Å². The molecule has 2 aromatic heterocycles. The molecule has 1 aromatic carbocycles. The number of rotatable bonds is 11. The van der Waals surface area contributed by atoms with E-state index in [4.69, 9.17) is 14.0 Å². The third kappa shape index (κ3) is 6.19. The SMILES string of the molecule is [2H]C([2H])([2H])NC(=O)c1nnc(NC(=O)C2CC2)cc1Nc1cccc(-c2cnn(CCNC(=O)CO)c2)c1OC. The molecule has 1 saturated carbocycles. The highest BCUT2D eigenvalue weighted by Gasteiger charge is 2.30. The number of nitrogens with one attached hydrogen (secondary N) is 4. The van der Waals surface area contributed by atoms with E-state index in [-0.39, 0.29) is 35.6 Å². The number of carbonyl (C=O) groups is 3. The van der Waals surface area contributed by atoms with Crippen LogP contribution in [0.25, 0.3) is 11.1 Å². The summed E-state index contributed by atoms with van der Waals surface area (Å²) in [6, 6.07) is 6.62. The van der Waals surface area contributed by atoms with Crippen molar-refractivity contribution in [2.45, 2.75) is 19.4 Å². The number of hydrogen-bond acceptors (Lipinski definition) is 9. The molecule has 4 rings (SSSR count). The predicted molar refractivity (Wildman–Crippen MR) is 134 cm³/mol. The van der Waals surface area contributed by atoms with Gasteiger partial charge in [0.2, 0.25) is 11.8 Å². The normalized spacial score (nSPS) is 14.1. The van der Waals surface area contributed by atoms with Gasteiger partial charge in [0.1, 0.15) is 12.4 Å². The molecule has 3 amide bonds. The molecule has 13 heteroatoms. The van der Waals surface area contributed by atoms with Crippen LogP contribution in [0, 0.1) is 5.92 Å². The third-order valence-electron chi connectivity index (χ3n) is 5.56. The van der Waals surface area contributed by atoms with E-state index in [9.17, 15) is 14.4 Å². The zero-order valence-electron chi connectivity index (χ0n) is 22.9. The largest absolute Gasteiger partial charge is 0.494 e. The summed E-state index contributed by atoms with van der Waals surface area (Å²) in [5, 5.41) is 31.1. The first-order valence-corrected chi connectivity index (χ1v) is 11.4. The van der Waals surface area contributed by atoms with Crippen molar-refractivity contribution >= 4 is 34.9 Å². The molecule has 13 nitrogen and oxygen atoms in total. The fourth-order valence-electron chi connectivity index (χ4n) is 3.57. The summed E-state index contributed by atoms with van der Waals surface area (Å²) >= 11 is 0. The lowest BCUT2D eigenvalue weighted by atomic mass is 10.1. The van der Waals surface area contributed by atoms with Gasteiger partial charge in [0, 0.05) is 46.9 Å². The minimum absolute atomic E-state index is 0.0913. The molecular formula is C24H28N8O5. The molecule has 0 radical (unpaired) electrons. The van der Waals surface area contributed by atoms with Crippen molar-refractivity contribution in [1.82, 2.24) is 30.6 Å². The van der Waals surface area contributed by atoms with Crippen LogP contribution in [-0.2, 0) is 16.1 Å². The van der Waals surface area contributed by atoms with Gasteiger partial charge < -0.3 is 31.1 Å². The van der Waals surface area contributed by atoms with E-state index in [2.05, 4.69) is 31.2 Å². The Labute approximate surface area is 216 Å². The number of benzene rings is 1. The Morgan fingerprint density at radius 3 is 2.81 bits per heavy atom. The van der Waals surface area contributed by atoms with Crippen molar-refractivity contribution < 1.29 is 28.3 Å². The van der Waals surface area contributed by atoms with Crippen LogP contribution in [0.2, 0.25) is 0 Å². The molecule has 2 heterocycles. The van der Waals surface area contributed by atoms with E-state index in [0.717, 1.165) is 12.8 Å². The Bertz CT molecular complexity index is 1410. The van der Waals surface area contributed by atoms with Crippen LogP contribution in [-0.4, -0.2) is 70.0 Å². The van der Waals surface area contributed by atoms with Crippen LogP contribution in [0.15, 0.2) is 36.7 Å². The average Bonchev–Trinajstić information content (AvgIpc) is 3.66. The summed E-state index contributed by atoms with van der Waals surface area (Å²) < 4.78 is 29.4. The number of aliphatic hydroxyl groups is 1. The van der Waals surface area contributed by atoms with Crippen molar-refractivity contribution in [2.24, 2.45) is 5.92 Å². The molecule has 0 bridgehead atoms. The smallest absolute Gasteiger partial charge is 0.273 e. The number of hydrogen-bond donors (Lipinski definition) is 5. The number of nitrogens with zero attached hydrogens (tertiary/aromatic N) is 4. The number of ether oxygens (including phenoxy) is 1. The molecule has 0 spiro atoms. The highest BCUT2D eigenvalue weighted by molar-refractivity contribution is 6.00. The van der Waals surface area contributed by atoms with E-state index in [1.807, 2.05) is 5.32 Å². The molecular weight excluding hydrogens is 480 g/mol. The van der Waals surface area contributed by atoms with Gasteiger partial charge in [-0.3, -0.25) is 19.1 Å². The Hall–Kier alpha value is -4.52. The van der Waals surface area contributed by atoms with E-state index in [1.165, 1.54) is 13.2 Å². The molecule has 0 aliphatic heterocycles. The van der Waals surface area contributed by atoms with Crippen molar-refractivity contribution in [1.29, 1.82) is 0 Å². The van der Waals surface area contributed by atoms with Gasteiger partial charge in [0.25, 0.3) is 5.91 Å². The Morgan fingerprint density at radius 2 is 2.08 bits per heavy atom. The number of carbonyl (C=O) groups excluding carboxylic acids is 3. The first kappa shape index (κ1) is 21.7. The summed E-state index contributed by atoms with van der Waals surface area (Å²) in [6.45, 7) is -2.71. The summed E-state index contributed by atoms with van der Waals surface area (Å²) in [5.41, 5.74) is 1.55. The van der Waals surface area contributed by atoms with Crippen LogP contribution < -0.4 is 26.0 Å². The van der Waals surface area contributed by atoms with E-state index < -0.39 is 25.4 Å². The van der Waals surface area contributed by atoms with Gasteiger partial charge >= 0.3 is 0 Å². The van der Waals surface area contributed by atoms with Gasteiger partial charge in [0.15, 0.2) is 11.5 Å². The van der Waals surface area contributed by atoms with Crippen LogP contribution in [0.4, 0.5) is 17.2 Å². The molecule has 194 valence electrons. The summed E-state index contributed by atoms with van der Waals surface area (Å²) in [7, 11) is 1.47. The average molecular weight is 512 g/mol. The lowest BCUT2D eigenvalue weighted by Gasteiger charge is -2.16. The molecule has 1 aliphatic carbocycles. The molecule has 3 aromatic rings. The van der Waals surface area contributed by atoms with Gasteiger partial charge in [-0.25, -0.2) is 0 Å². The molecule has 0 unspecified atom stereocenters. The predicted octanol–water partition coefficient (Wildman–Crippen LogP) is 0.909. The minimum Gasteiger partial charge on any atom is -0.494 e. The first-order valence-electron chi connectivity index (χ1n) is 12.9. The number of para-hydroxylation sites is 1. The van der Waals surface area contributed by atoms with Crippen LogP contribution in [0.5, 0.6) is 5.75 Å². The maximum Gasteiger partial charge on any atom is 0.273 e. The van der Waals surface area contributed by atoms with Gasteiger partial charge in [-0.05, 0) is 18.9 Å². The zero-order chi connectivity index (χ0) is 28.9. The van der Waals surface area contributed by atoms with Crippen LogP contribution in [0.1, 0.15) is 27.4 Å². The second kappa shape index (κ2) is 11.5. The van der Waals surface area contributed by atoms with Gasteiger partial charge in [-0.15, -0.1) is 10.2 Å². The van der Waals surface area contributed by atoms with Crippen molar-refractivity contribution in [3.05, 3.63) is 42.4 Å². The second-order valence-electron chi connectivity index (χ2n) is 8.22. The Morgan fingerprint density at radius 1 is 1.24 bits per heavy atom. The first-order chi connectivity index (χ1) is 19.1. The van der Waals surface area contributed by atoms with E-state index in [1.54, 1.807) is 35.3 Å². The molecule has 1 aliphatic rings. The van der Waals surface area contributed by atoms with Crippen molar-refractivity contribution in [3.63, 3.8) is 0 Å². The molecule has 37 heavy (non-hydrogen) atoms. The van der Waals surface area contributed by atoms with Crippen LogP contribution >= 0.6 is 0 Å². The van der Waals surface area contributed by atoms with Crippen LogP contribution in [0.3, 0.4) is 0 Å². The topological polar surface area (TPSA) is 172 Å². The van der Waals surface area contributed by atoms with Gasteiger partial charge in [-0.1, -0.05) is 12.1 Å². The van der Waals surface area contributed by atoms with Crippen molar-refractivity contribution in [3.8, 4) is 16.9 Å². The minimum atomic E-state index is -2.76. The maximum atomic E-state index is 12.7. The summed E-state index contributed by atoms with van der Waals surface area (Å²) in [4.78, 5) is 36.2. The monoisotopic (exact) mass is 511 g/mol. The third-order valence-corrected chi connectivity index (χ3v) is 5.56. The summed E-state index contributed by atoms with van der Waals surface area (Å²) in [5.74, 6) is -1.30. The Kier molecular flexibility index (Phi) is 6.74. The van der Waals surface area contributed by atoms with Gasteiger partial charge in [0.05, 0.1) is 31.2 Å². The van der Waals surface area contributed by atoms with E-state index >= 15 is 0 Å². The lowest BCUT2D eigenvalue weighted by molar-refractivity contribution is -0.123. The number of amides is 3. The molecule has 5 N–H and O–H groups in total. The molecule has 1 fully saturated rings. The fourth-order valence-corrected chi connectivity index (χ4v) is 3.57. The quantitative estimate of drug-likeness (QED) is 0.251. The Balaban J connectivity index is 1.63. The number of anilines is 3. The standard InChI is InChI=1S/C24H28N8O5/c1-25-24(36)21-18(10-19(30-31-21)29-23(35)14-6-7-14)28-17-5-3-4-16(22(17)37-2)15-11-27-32(12-15)9-8-26-20(34)13-33/h3-5,10-12,14,33H,6-9,13H2,1-2H3,(H,25,36)(H,26,34)(H2,28,29,30,35)/i1D3. The molecule has 0 saturated heterocycles. The van der Waals surface area contributed by atoms with Gasteiger partial charge in [-0.2, -0.15) is 5.10 Å². The summed E-state index contributed by atoms with van der Waals surface area (Å²) in [6.07, 6.45) is 4.92. The number of methoxy groups -OCH3 is 1. The lowest BCUT2D eigenvalue weighted by Crippen LogP contribution is -2.29. The number of aromatic nitrogens is 4.